The number of aromatic nitrogens is 3. The zero-order valence-electron chi connectivity index (χ0n) is 11.4. The van der Waals surface area contributed by atoms with Crippen molar-refractivity contribution in [1.82, 2.24) is 15.0 Å². The molecule has 0 aromatic carbocycles. The van der Waals surface area contributed by atoms with Gasteiger partial charge >= 0.3 is 0 Å². The number of aryl methyl sites for hydroxylation is 1. The quantitative estimate of drug-likeness (QED) is 0.708. The number of hydrogen-bond donors (Lipinski definition) is 1. The minimum Gasteiger partial charge on any atom is -0.325 e. The van der Waals surface area contributed by atoms with Gasteiger partial charge in [0.1, 0.15) is 0 Å². The van der Waals surface area contributed by atoms with Gasteiger partial charge in [0.15, 0.2) is 0 Å². The van der Waals surface area contributed by atoms with Crippen LogP contribution in [0.5, 0.6) is 0 Å². The summed E-state index contributed by atoms with van der Waals surface area (Å²) in [6.07, 6.45) is 5.92. The molecule has 0 aliphatic heterocycles. The molecule has 0 atom stereocenters. The molecule has 0 radical (unpaired) electrons. The second kappa shape index (κ2) is 7.43. The summed E-state index contributed by atoms with van der Waals surface area (Å²) in [7, 11) is 0. The Hall–Kier alpha value is -0.900. The predicted octanol–water partition coefficient (Wildman–Crippen LogP) is 2.83. The van der Waals surface area contributed by atoms with Crippen molar-refractivity contribution in [3.63, 3.8) is 0 Å². The maximum Gasteiger partial charge on any atom is 0.0997 e. The van der Waals surface area contributed by atoms with Crippen LogP contribution in [0.1, 0.15) is 70.2 Å². The summed E-state index contributed by atoms with van der Waals surface area (Å²) in [4.78, 5) is 0. The van der Waals surface area contributed by atoms with Crippen LogP contribution in [0, 0.1) is 0 Å². The van der Waals surface area contributed by atoms with Crippen molar-refractivity contribution >= 4 is 0 Å². The van der Waals surface area contributed by atoms with Crippen LogP contribution in [-0.2, 0) is 13.1 Å². The van der Waals surface area contributed by atoms with Gasteiger partial charge in [-0.25, -0.2) is 4.68 Å². The lowest BCUT2D eigenvalue weighted by Gasteiger charge is -2.15. The van der Waals surface area contributed by atoms with Gasteiger partial charge in [-0.2, -0.15) is 0 Å². The molecule has 1 rings (SSSR count). The highest BCUT2D eigenvalue weighted by atomic mass is 15.4. The van der Waals surface area contributed by atoms with Gasteiger partial charge in [-0.15, -0.1) is 5.10 Å². The molecule has 2 N–H and O–H groups in total. The first-order chi connectivity index (χ1) is 8.28. The lowest BCUT2D eigenvalue weighted by atomic mass is 9.97. The summed E-state index contributed by atoms with van der Waals surface area (Å²) in [6.45, 7) is 8.14. The van der Waals surface area contributed by atoms with Crippen LogP contribution < -0.4 is 5.73 Å². The predicted molar refractivity (Wildman–Crippen MR) is 70.8 cm³/mol. The molecular weight excluding hydrogens is 212 g/mol. The molecule has 0 fully saturated rings. The summed E-state index contributed by atoms with van der Waals surface area (Å²) in [5.41, 5.74) is 8.00. The van der Waals surface area contributed by atoms with Gasteiger partial charge < -0.3 is 5.73 Å². The molecule has 0 unspecified atom stereocenters. The van der Waals surface area contributed by atoms with Crippen LogP contribution in [0.15, 0.2) is 0 Å². The molecule has 0 aliphatic rings. The highest BCUT2D eigenvalue weighted by molar-refractivity contribution is 5.15. The summed E-state index contributed by atoms with van der Waals surface area (Å²) < 4.78 is 2.08. The van der Waals surface area contributed by atoms with Gasteiger partial charge in [-0.1, -0.05) is 38.8 Å². The molecule has 17 heavy (non-hydrogen) atoms. The second-order valence-corrected chi connectivity index (χ2v) is 4.57. The van der Waals surface area contributed by atoms with E-state index in [1.165, 1.54) is 25.0 Å². The fourth-order valence-corrected chi connectivity index (χ4v) is 2.30. The van der Waals surface area contributed by atoms with E-state index in [2.05, 4.69) is 35.8 Å². The van der Waals surface area contributed by atoms with Crippen molar-refractivity contribution < 1.29 is 0 Å². The molecule has 0 spiro atoms. The summed E-state index contributed by atoms with van der Waals surface area (Å²) in [6, 6.07) is 0. The van der Waals surface area contributed by atoms with Crippen molar-refractivity contribution in [3.05, 3.63) is 11.4 Å². The van der Waals surface area contributed by atoms with Crippen LogP contribution in [0.3, 0.4) is 0 Å². The van der Waals surface area contributed by atoms with Crippen molar-refractivity contribution in [2.75, 3.05) is 0 Å². The van der Waals surface area contributed by atoms with E-state index in [9.17, 15) is 0 Å². The zero-order chi connectivity index (χ0) is 12.7. The number of nitrogens with two attached hydrogens (primary N) is 1. The van der Waals surface area contributed by atoms with E-state index >= 15 is 0 Å². The average molecular weight is 238 g/mol. The Kier molecular flexibility index (Phi) is 6.19. The molecule has 1 aromatic heterocycles. The van der Waals surface area contributed by atoms with Crippen molar-refractivity contribution in [2.24, 2.45) is 5.73 Å². The van der Waals surface area contributed by atoms with E-state index in [-0.39, 0.29) is 0 Å². The third-order valence-electron chi connectivity index (χ3n) is 3.39. The van der Waals surface area contributed by atoms with Crippen molar-refractivity contribution in [3.8, 4) is 0 Å². The first-order valence-electron chi connectivity index (χ1n) is 6.90. The van der Waals surface area contributed by atoms with Crippen molar-refractivity contribution in [1.29, 1.82) is 0 Å². The first kappa shape index (κ1) is 14.2. The maximum absolute atomic E-state index is 5.75. The van der Waals surface area contributed by atoms with Gasteiger partial charge in [-0.05, 0) is 19.3 Å². The number of hydrogen-bond acceptors (Lipinski definition) is 3. The van der Waals surface area contributed by atoms with Gasteiger partial charge in [0, 0.05) is 19.0 Å². The van der Waals surface area contributed by atoms with Gasteiger partial charge in [0.05, 0.1) is 11.4 Å². The third-order valence-corrected chi connectivity index (χ3v) is 3.39. The average Bonchev–Trinajstić information content (AvgIpc) is 2.75. The lowest BCUT2D eigenvalue weighted by Crippen LogP contribution is -2.12. The van der Waals surface area contributed by atoms with E-state index in [0.717, 1.165) is 25.1 Å². The standard InChI is InChI=1S/C13H26N4/c1-4-7-8-9-17-13(11(5-2)6-3)12(10-14)15-16-17/h11H,4-10,14H2,1-3H3. The summed E-state index contributed by atoms with van der Waals surface area (Å²) in [5.74, 6) is 0.546. The lowest BCUT2D eigenvalue weighted by molar-refractivity contribution is 0.487. The normalized spacial score (nSPS) is 11.4. The first-order valence-corrected chi connectivity index (χ1v) is 6.90. The Bertz CT molecular complexity index is 315. The Morgan fingerprint density at radius 1 is 1.18 bits per heavy atom. The number of unbranched alkanes of at least 4 members (excludes halogenated alkanes) is 2. The van der Waals surface area contributed by atoms with Gasteiger partial charge in [0.2, 0.25) is 0 Å². The smallest absolute Gasteiger partial charge is 0.0997 e. The van der Waals surface area contributed by atoms with E-state index in [0.29, 0.717) is 12.5 Å². The molecule has 1 aromatic rings. The minimum atomic E-state index is 0.500. The minimum absolute atomic E-state index is 0.500. The molecule has 0 aliphatic carbocycles. The Labute approximate surface area is 105 Å². The van der Waals surface area contributed by atoms with Crippen LogP contribution in [0.4, 0.5) is 0 Å². The van der Waals surface area contributed by atoms with Crippen LogP contribution in [0.2, 0.25) is 0 Å². The maximum atomic E-state index is 5.75. The molecule has 4 heteroatoms. The Balaban J connectivity index is 2.84. The number of rotatable bonds is 8. The van der Waals surface area contributed by atoms with E-state index in [1.807, 2.05) is 0 Å². The number of nitrogens with zero attached hydrogens (tertiary/aromatic N) is 3. The second-order valence-electron chi connectivity index (χ2n) is 4.57. The van der Waals surface area contributed by atoms with Gasteiger partial charge in [-0.3, -0.25) is 0 Å². The highest BCUT2D eigenvalue weighted by Crippen LogP contribution is 2.25. The molecule has 98 valence electrons. The van der Waals surface area contributed by atoms with Gasteiger partial charge in [0.25, 0.3) is 0 Å². The van der Waals surface area contributed by atoms with Crippen LogP contribution in [-0.4, -0.2) is 15.0 Å². The van der Waals surface area contributed by atoms with E-state index in [1.54, 1.807) is 0 Å². The molecule has 1 heterocycles. The topological polar surface area (TPSA) is 56.7 Å². The van der Waals surface area contributed by atoms with E-state index in [4.69, 9.17) is 5.73 Å². The monoisotopic (exact) mass is 238 g/mol. The molecular formula is C13H26N4. The molecule has 0 bridgehead atoms. The molecule has 4 nitrogen and oxygen atoms in total. The third kappa shape index (κ3) is 3.53. The Morgan fingerprint density at radius 2 is 1.88 bits per heavy atom. The summed E-state index contributed by atoms with van der Waals surface area (Å²) >= 11 is 0. The van der Waals surface area contributed by atoms with Crippen LogP contribution in [0.25, 0.3) is 0 Å². The zero-order valence-corrected chi connectivity index (χ0v) is 11.4. The highest BCUT2D eigenvalue weighted by Gasteiger charge is 2.18. The largest absolute Gasteiger partial charge is 0.325 e. The van der Waals surface area contributed by atoms with Crippen LogP contribution >= 0.6 is 0 Å². The molecule has 0 saturated heterocycles. The molecule has 0 amide bonds. The Morgan fingerprint density at radius 3 is 2.41 bits per heavy atom. The molecule has 0 saturated carbocycles. The SMILES string of the molecule is CCCCCn1nnc(CN)c1C(CC)CC. The fraction of sp³-hybridized carbons (Fsp3) is 0.846. The fourth-order valence-electron chi connectivity index (χ4n) is 2.30. The van der Waals surface area contributed by atoms with Crippen molar-refractivity contribution in [2.45, 2.75) is 71.9 Å². The summed E-state index contributed by atoms with van der Waals surface area (Å²) in [5, 5.41) is 8.48. The van der Waals surface area contributed by atoms with E-state index < -0.39 is 0 Å².